The minimum Gasteiger partial charge on any atom is -0.517 e. The topological polar surface area (TPSA) is 58.9 Å². The average Bonchev–Trinajstić information content (AvgIpc) is 1.83. The first-order chi connectivity index (χ1) is 3.81. The Morgan fingerprint density at radius 3 is 2.62 bits per heavy atom. The normalized spacial score (nSPS) is 9.88. The molecule has 0 aliphatic rings. The molecule has 0 saturated heterocycles. The zero-order chi connectivity index (χ0) is 6.41. The van der Waals surface area contributed by atoms with Crippen LogP contribution in [0.2, 0.25) is 0 Å². The molecule has 0 aliphatic heterocycles. The van der Waals surface area contributed by atoms with Gasteiger partial charge in [0.1, 0.15) is 0 Å². The molecule has 8 heavy (non-hydrogen) atoms. The molecule has 0 fully saturated rings. The Labute approximate surface area is 47.5 Å². The highest BCUT2D eigenvalue weighted by Gasteiger charge is 2.13. The number of rotatable bonds is 3. The van der Waals surface area contributed by atoms with Crippen LogP contribution in [0.5, 0.6) is 0 Å². The van der Waals surface area contributed by atoms with Crippen LogP contribution in [0.25, 0.3) is 0 Å². The lowest BCUT2D eigenvalue weighted by Crippen LogP contribution is -2.17. The van der Waals surface area contributed by atoms with Crippen LogP contribution in [-0.2, 0) is 9.46 Å². The van der Waals surface area contributed by atoms with Gasteiger partial charge in [0.15, 0.2) is 0 Å². The molecule has 0 spiro atoms. The van der Waals surface area contributed by atoms with Crippen molar-refractivity contribution in [1.82, 2.24) is 0 Å². The van der Waals surface area contributed by atoms with Crippen molar-refractivity contribution in [3.8, 4) is 0 Å². The molecule has 0 saturated carbocycles. The smallest absolute Gasteiger partial charge is 0.517 e. The molecule has 0 aliphatic carbocycles. The van der Waals surface area contributed by atoms with Gasteiger partial charge in [-0.15, -0.1) is 0 Å². The maximum Gasteiger partial charge on any atom is 0.738 e. The highest BCUT2D eigenvalue weighted by Crippen LogP contribution is 1.81. The summed E-state index contributed by atoms with van der Waals surface area (Å²) in [6.07, 6.45) is 2.74. The summed E-state index contributed by atoms with van der Waals surface area (Å²) in [6, 6.07) is 0. The lowest BCUT2D eigenvalue weighted by atomic mass is 10.3. The fraction of sp³-hybridized carbons (Fsp3) is 0.333. The minimum absolute atomic E-state index is 1.20. The van der Waals surface area contributed by atoms with Crippen LogP contribution in [0.1, 0.15) is 6.92 Å². The highest BCUT2D eigenvalue weighted by molar-refractivity contribution is 6.34. The van der Waals surface area contributed by atoms with Crippen molar-refractivity contribution in [2.75, 3.05) is 0 Å². The Hall–Kier alpha value is -0.515. The van der Waals surface area contributed by atoms with Crippen molar-refractivity contribution >= 4 is 7.32 Å². The molecule has 46 valence electrons. The van der Waals surface area contributed by atoms with Gasteiger partial charge in [0.2, 0.25) is 0 Å². The van der Waals surface area contributed by atoms with Crippen LogP contribution in [0, 0.1) is 0 Å². The van der Waals surface area contributed by atoms with E-state index in [1.165, 1.54) is 6.26 Å². The number of allylic oxidation sites excluding steroid dienone is 1. The summed E-state index contributed by atoms with van der Waals surface area (Å²) in [6.45, 7) is 1.70. The number of hydrogen-bond acceptors (Lipinski definition) is 4. The largest absolute Gasteiger partial charge is 0.738 e. The quantitative estimate of drug-likeness (QED) is 0.237. The van der Waals surface area contributed by atoms with E-state index in [0.717, 1.165) is 0 Å². The van der Waals surface area contributed by atoms with E-state index in [4.69, 9.17) is 10.3 Å². The lowest BCUT2D eigenvalue weighted by molar-refractivity contribution is -0.173. The second-order valence-corrected chi connectivity index (χ2v) is 1.02. The van der Waals surface area contributed by atoms with E-state index in [2.05, 4.69) is 9.46 Å². The molecular formula is C3H7BO4. The lowest BCUT2D eigenvalue weighted by Gasteiger charge is -1.96. The minimum atomic E-state index is -1.58. The van der Waals surface area contributed by atoms with E-state index in [-0.39, 0.29) is 0 Å². The van der Waals surface area contributed by atoms with Crippen LogP contribution < -0.4 is 0 Å². The van der Waals surface area contributed by atoms with Gasteiger partial charge in [0.25, 0.3) is 0 Å². The first-order valence-electron chi connectivity index (χ1n) is 2.06. The maximum absolute atomic E-state index is 8.24. The van der Waals surface area contributed by atoms with Gasteiger partial charge in [-0.2, -0.15) is 0 Å². The first kappa shape index (κ1) is 7.48. The van der Waals surface area contributed by atoms with Crippen LogP contribution in [-0.4, -0.2) is 17.6 Å². The van der Waals surface area contributed by atoms with Crippen LogP contribution in [0.3, 0.4) is 0 Å². The Kier molecular flexibility index (Phi) is 4.34. The van der Waals surface area contributed by atoms with Crippen molar-refractivity contribution in [2.24, 2.45) is 0 Å². The molecule has 0 radical (unpaired) electrons. The molecule has 0 aromatic heterocycles. The van der Waals surface area contributed by atoms with Gasteiger partial charge in [-0.1, -0.05) is 6.08 Å². The van der Waals surface area contributed by atoms with E-state index < -0.39 is 7.32 Å². The average molecular weight is 118 g/mol. The van der Waals surface area contributed by atoms with Crippen molar-refractivity contribution in [2.45, 2.75) is 6.92 Å². The standard InChI is InChI=1S/C3H7BO4/c1-2-3-7-4(5)8-6/h2-3,5-6H,1H3. The third kappa shape index (κ3) is 3.67. The van der Waals surface area contributed by atoms with Crippen molar-refractivity contribution in [3.05, 3.63) is 12.3 Å². The summed E-state index contributed by atoms with van der Waals surface area (Å²) in [5.41, 5.74) is 0. The second kappa shape index (κ2) is 4.64. The number of hydrogen-bond donors (Lipinski definition) is 2. The predicted molar refractivity (Wildman–Crippen MR) is 27.6 cm³/mol. The molecular weight excluding hydrogens is 111 g/mol. The molecule has 2 N–H and O–H groups in total. The van der Waals surface area contributed by atoms with E-state index in [0.29, 0.717) is 0 Å². The molecule has 0 rings (SSSR count). The van der Waals surface area contributed by atoms with Crippen LogP contribution >= 0.6 is 0 Å². The Balaban J connectivity index is 3.10. The Morgan fingerprint density at radius 2 is 2.25 bits per heavy atom. The third-order valence-corrected chi connectivity index (χ3v) is 0.421. The van der Waals surface area contributed by atoms with E-state index in [1.807, 2.05) is 0 Å². The summed E-state index contributed by atoms with van der Waals surface area (Å²) in [7, 11) is -1.58. The van der Waals surface area contributed by atoms with Gasteiger partial charge in [0, 0.05) is 0 Å². The van der Waals surface area contributed by atoms with Crippen molar-refractivity contribution in [3.63, 3.8) is 0 Å². The molecule has 0 heterocycles. The summed E-state index contributed by atoms with van der Waals surface area (Å²) >= 11 is 0. The highest BCUT2D eigenvalue weighted by atomic mass is 17.1. The van der Waals surface area contributed by atoms with Crippen molar-refractivity contribution in [1.29, 1.82) is 0 Å². The van der Waals surface area contributed by atoms with Crippen LogP contribution in [0.4, 0.5) is 0 Å². The Bertz CT molecular complexity index is 73.7. The Morgan fingerprint density at radius 1 is 1.62 bits per heavy atom. The van der Waals surface area contributed by atoms with Gasteiger partial charge >= 0.3 is 7.32 Å². The maximum atomic E-state index is 8.24. The molecule has 0 atom stereocenters. The third-order valence-electron chi connectivity index (χ3n) is 0.421. The SMILES string of the molecule is CC=COB(O)OO. The zero-order valence-electron chi connectivity index (χ0n) is 4.44. The predicted octanol–water partition coefficient (Wildman–Crippen LogP) is 0.00340. The molecule has 0 amide bonds. The molecule has 0 unspecified atom stereocenters. The van der Waals surface area contributed by atoms with Gasteiger partial charge < -0.3 is 9.68 Å². The molecule has 0 aromatic rings. The summed E-state index contributed by atoms with van der Waals surface area (Å²) in [5, 5.41) is 15.9. The van der Waals surface area contributed by atoms with Crippen molar-refractivity contribution < 1.29 is 19.7 Å². The first-order valence-corrected chi connectivity index (χ1v) is 2.06. The molecule has 0 bridgehead atoms. The van der Waals surface area contributed by atoms with E-state index in [9.17, 15) is 0 Å². The molecule has 4 nitrogen and oxygen atoms in total. The summed E-state index contributed by atoms with van der Waals surface area (Å²) < 4.78 is 4.24. The van der Waals surface area contributed by atoms with Gasteiger partial charge in [-0.05, 0) is 6.92 Å². The van der Waals surface area contributed by atoms with Gasteiger partial charge in [0.05, 0.1) is 6.26 Å². The summed E-state index contributed by atoms with van der Waals surface area (Å²) in [4.78, 5) is 3.33. The zero-order valence-corrected chi connectivity index (χ0v) is 4.44. The summed E-state index contributed by atoms with van der Waals surface area (Å²) in [5.74, 6) is 0. The fourth-order valence-electron chi connectivity index (χ4n) is 0.171. The van der Waals surface area contributed by atoms with E-state index >= 15 is 0 Å². The molecule has 5 heteroatoms. The van der Waals surface area contributed by atoms with Crippen LogP contribution in [0.15, 0.2) is 12.3 Å². The molecule has 0 aromatic carbocycles. The fourth-order valence-corrected chi connectivity index (χ4v) is 0.171. The monoisotopic (exact) mass is 118 g/mol. The second-order valence-electron chi connectivity index (χ2n) is 1.02. The van der Waals surface area contributed by atoms with Gasteiger partial charge in [-0.3, -0.25) is 5.26 Å². The van der Waals surface area contributed by atoms with Gasteiger partial charge in [-0.25, -0.2) is 4.81 Å². The van der Waals surface area contributed by atoms with E-state index in [1.54, 1.807) is 13.0 Å².